The maximum absolute atomic E-state index is 12.3. The summed E-state index contributed by atoms with van der Waals surface area (Å²) in [5.74, 6) is 1.36. The van der Waals surface area contributed by atoms with Crippen molar-refractivity contribution in [3.8, 4) is 17.2 Å². The van der Waals surface area contributed by atoms with Gasteiger partial charge in [-0.15, -0.1) is 0 Å². The van der Waals surface area contributed by atoms with Crippen LogP contribution in [0.5, 0.6) is 17.2 Å². The maximum atomic E-state index is 12.3. The van der Waals surface area contributed by atoms with Crippen LogP contribution in [0.25, 0.3) is 0 Å². The standard InChI is InChI=1S/C19H20Br2N2O4/c1-4-7-27-16-6-5-12(9-17(16)25-2)19(24)23-22-11-13-8-14(20)10-15(21)18(13)26-3/h5-6,8-11H,4,7H2,1-3H3,(H,23,24)/b22-11+. The number of benzene rings is 2. The van der Waals surface area contributed by atoms with Crippen LogP contribution in [0.1, 0.15) is 29.3 Å². The number of hydrogen-bond acceptors (Lipinski definition) is 5. The topological polar surface area (TPSA) is 69.2 Å². The third-order valence-corrected chi connectivity index (χ3v) is 4.55. The van der Waals surface area contributed by atoms with Gasteiger partial charge in [-0.1, -0.05) is 22.9 Å². The van der Waals surface area contributed by atoms with E-state index in [9.17, 15) is 4.79 Å². The second-order valence-electron chi connectivity index (χ2n) is 5.42. The molecular formula is C19H20Br2N2O4. The van der Waals surface area contributed by atoms with Crippen molar-refractivity contribution < 1.29 is 19.0 Å². The predicted octanol–water partition coefficient (Wildman–Crippen LogP) is 4.78. The van der Waals surface area contributed by atoms with Gasteiger partial charge in [0.25, 0.3) is 5.91 Å². The lowest BCUT2D eigenvalue weighted by Gasteiger charge is -2.11. The first-order valence-corrected chi connectivity index (χ1v) is 9.76. The molecule has 0 aliphatic rings. The van der Waals surface area contributed by atoms with Gasteiger partial charge in [0.1, 0.15) is 5.75 Å². The molecule has 0 aliphatic heterocycles. The van der Waals surface area contributed by atoms with Crippen molar-refractivity contribution in [2.24, 2.45) is 5.10 Å². The monoisotopic (exact) mass is 498 g/mol. The summed E-state index contributed by atoms with van der Waals surface area (Å²) in [6.45, 7) is 2.60. The van der Waals surface area contributed by atoms with Crippen LogP contribution < -0.4 is 19.6 Å². The Morgan fingerprint density at radius 2 is 1.93 bits per heavy atom. The lowest BCUT2D eigenvalue weighted by Crippen LogP contribution is -2.17. The molecule has 2 aromatic carbocycles. The first-order chi connectivity index (χ1) is 13.0. The van der Waals surface area contributed by atoms with Crippen LogP contribution in [0.3, 0.4) is 0 Å². The van der Waals surface area contributed by atoms with Crippen LogP contribution in [0.2, 0.25) is 0 Å². The molecule has 0 aliphatic carbocycles. The number of carbonyl (C=O) groups is 1. The molecule has 0 fully saturated rings. The fraction of sp³-hybridized carbons (Fsp3) is 0.263. The van der Waals surface area contributed by atoms with Crippen LogP contribution in [0.4, 0.5) is 0 Å². The number of ether oxygens (including phenoxy) is 3. The molecule has 27 heavy (non-hydrogen) atoms. The van der Waals surface area contributed by atoms with E-state index < -0.39 is 0 Å². The van der Waals surface area contributed by atoms with Crippen molar-refractivity contribution in [1.82, 2.24) is 5.43 Å². The molecule has 0 atom stereocenters. The Hall–Kier alpha value is -2.06. The van der Waals surface area contributed by atoms with Gasteiger partial charge >= 0.3 is 0 Å². The third-order valence-electron chi connectivity index (χ3n) is 3.50. The number of rotatable bonds is 8. The first kappa shape index (κ1) is 21.2. The summed E-state index contributed by atoms with van der Waals surface area (Å²) in [6, 6.07) is 8.69. The van der Waals surface area contributed by atoms with Crippen LogP contribution in [-0.2, 0) is 0 Å². The largest absolute Gasteiger partial charge is 0.495 e. The van der Waals surface area contributed by atoms with Gasteiger partial charge < -0.3 is 14.2 Å². The minimum atomic E-state index is -0.361. The zero-order valence-electron chi connectivity index (χ0n) is 15.2. The quantitative estimate of drug-likeness (QED) is 0.419. The zero-order valence-corrected chi connectivity index (χ0v) is 18.4. The molecule has 144 valence electrons. The van der Waals surface area contributed by atoms with Crippen molar-refractivity contribution in [2.45, 2.75) is 13.3 Å². The highest BCUT2D eigenvalue weighted by molar-refractivity contribution is 9.11. The van der Waals surface area contributed by atoms with Crippen LogP contribution in [0.15, 0.2) is 44.4 Å². The number of carbonyl (C=O) groups excluding carboxylic acids is 1. The third kappa shape index (κ3) is 5.71. The number of hydrazone groups is 1. The van der Waals surface area contributed by atoms with E-state index in [1.165, 1.54) is 13.3 Å². The normalized spacial score (nSPS) is 10.7. The van der Waals surface area contributed by atoms with Gasteiger partial charge in [-0.05, 0) is 52.7 Å². The molecule has 2 aromatic rings. The summed E-state index contributed by atoms with van der Waals surface area (Å²) in [6.07, 6.45) is 2.40. The number of hydrogen-bond donors (Lipinski definition) is 1. The van der Waals surface area contributed by atoms with E-state index in [-0.39, 0.29) is 5.91 Å². The molecule has 0 saturated heterocycles. The van der Waals surface area contributed by atoms with Gasteiger partial charge in [0.2, 0.25) is 0 Å². The summed E-state index contributed by atoms with van der Waals surface area (Å²) in [7, 11) is 3.10. The minimum absolute atomic E-state index is 0.361. The van der Waals surface area contributed by atoms with E-state index >= 15 is 0 Å². The van der Waals surface area contributed by atoms with Gasteiger partial charge in [0.15, 0.2) is 11.5 Å². The average Bonchev–Trinajstić information content (AvgIpc) is 2.65. The molecule has 0 spiro atoms. The lowest BCUT2D eigenvalue weighted by atomic mass is 10.2. The Morgan fingerprint density at radius 3 is 2.59 bits per heavy atom. The number of amides is 1. The Kier molecular flexibility index (Phi) is 8.12. The van der Waals surface area contributed by atoms with Gasteiger partial charge in [0.05, 0.1) is 31.5 Å². The highest BCUT2D eigenvalue weighted by Gasteiger charge is 2.11. The number of methoxy groups -OCH3 is 2. The SMILES string of the molecule is CCCOc1ccc(C(=O)N/N=C/c2cc(Br)cc(Br)c2OC)cc1OC. The average molecular weight is 500 g/mol. The molecule has 8 heteroatoms. The number of nitrogens with one attached hydrogen (secondary N) is 1. The lowest BCUT2D eigenvalue weighted by molar-refractivity contribution is 0.0954. The highest BCUT2D eigenvalue weighted by Crippen LogP contribution is 2.31. The molecule has 0 heterocycles. The molecule has 6 nitrogen and oxygen atoms in total. The fourth-order valence-electron chi connectivity index (χ4n) is 2.26. The Bertz CT molecular complexity index is 841. The molecule has 0 radical (unpaired) electrons. The summed E-state index contributed by atoms with van der Waals surface area (Å²) < 4.78 is 17.9. The van der Waals surface area contributed by atoms with E-state index in [1.807, 2.05) is 19.1 Å². The van der Waals surface area contributed by atoms with Crippen LogP contribution in [0, 0.1) is 0 Å². The Morgan fingerprint density at radius 1 is 1.15 bits per heavy atom. The van der Waals surface area contributed by atoms with Gasteiger partial charge in [-0.2, -0.15) is 5.10 Å². The maximum Gasteiger partial charge on any atom is 0.271 e. The minimum Gasteiger partial charge on any atom is -0.495 e. The van der Waals surface area contributed by atoms with Gasteiger partial charge in [-0.25, -0.2) is 5.43 Å². The van der Waals surface area contributed by atoms with E-state index in [4.69, 9.17) is 14.2 Å². The summed E-state index contributed by atoms with van der Waals surface area (Å²) in [5.41, 5.74) is 3.62. The summed E-state index contributed by atoms with van der Waals surface area (Å²) >= 11 is 6.84. The molecule has 0 bridgehead atoms. The molecule has 1 amide bonds. The Labute approximate surface area is 175 Å². The van der Waals surface area contributed by atoms with E-state index in [0.717, 1.165) is 15.4 Å². The highest BCUT2D eigenvalue weighted by atomic mass is 79.9. The zero-order chi connectivity index (χ0) is 19.8. The van der Waals surface area contributed by atoms with Crippen molar-refractivity contribution >= 4 is 44.0 Å². The number of nitrogens with zero attached hydrogens (tertiary/aromatic N) is 1. The molecule has 1 N–H and O–H groups in total. The molecule has 0 unspecified atom stereocenters. The predicted molar refractivity (Wildman–Crippen MR) is 112 cm³/mol. The number of halogens is 2. The summed E-state index contributed by atoms with van der Waals surface area (Å²) in [5, 5.41) is 4.02. The van der Waals surface area contributed by atoms with Crippen LogP contribution >= 0.6 is 31.9 Å². The molecule has 0 saturated carbocycles. The second-order valence-corrected chi connectivity index (χ2v) is 7.19. The van der Waals surface area contributed by atoms with Crippen molar-refractivity contribution in [1.29, 1.82) is 0 Å². The molecule has 0 aromatic heterocycles. The van der Waals surface area contributed by atoms with Crippen molar-refractivity contribution in [2.75, 3.05) is 20.8 Å². The van der Waals surface area contributed by atoms with E-state index in [0.29, 0.717) is 35.0 Å². The summed E-state index contributed by atoms with van der Waals surface area (Å²) in [4.78, 5) is 12.3. The van der Waals surface area contributed by atoms with Crippen molar-refractivity contribution in [3.05, 3.63) is 50.4 Å². The van der Waals surface area contributed by atoms with Crippen molar-refractivity contribution in [3.63, 3.8) is 0 Å². The van der Waals surface area contributed by atoms with Gasteiger partial charge in [0, 0.05) is 15.6 Å². The smallest absolute Gasteiger partial charge is 0.271 e. The first-order valence-electron chi connectivity index (χ1n) is 8.17. The molecule has 2 rings (SSSR count). The fourth-order valence-corrected chi connectivity index (χ4v) is 3.68. The second kappa shape index (κ2) is 10.3. The van der Waals surface area contributed by atoms with E-state index in [2.05, 4.69) is 42.4 Å². The Balaban J connectivity index is 2.13. The van der Waals surface area contributed by atoms with Crippen LogP contribution in [-0.4, -0.2) is 32.9 Å². The van der Waals surface area contributed by atoms with Gasteiger partial charge in [-0.3, -0.25) is 4.79 Å². The molecular weight excluding hydrogens is 480 g/mol. The van der Waals surface area contributed by atoms with E-state index in [1.54, 1.807) is 25.3 Å².